The van der Waals surface area contributed by atoms with Crippen LogP contribution in [0.25, 0.3) is 0 Å². The van der Waals surface area contributed by atoms with Gasteiger partial charge < -0.3 is 4.57 Å². The molecule has 0 unspecified atom stereocenters. The van der Waals surface area contributed by atoms with E-state index in [1.165, 1.54) is 11.9 Å². The number of aromatic nitrogens is 1. The summed E-state index contributed by atoms with van der Waals surface area (Å²) < 4.78 is 1.67. The van der Waals surface area contributed by atoms with Gasteiger partial charge in [-0.05, 0) is 35.7 Å². The van der Waals surface area contributed by atoms with Crippen LogP contribution >= 0.6 is 11.9 Å². The zero-order valence-corrected chi connectivity index (χ0v) is 9.48. The molecule has 2 rings (SSSR count). The molecule has 0 fully saturated rings. The molecular formula is C12H12N2OS. The zero-order valence-electron chi connectivity index (χ0n) is 8.67. The van der Waals surface area contributed by atoms with Gasteiger partial charge in [0.1, 0.15) is 0 Å². The van der Waals surface area contributed by atoms with Gasteiger partial charge in [-0.3, -0.25) is 9.93 Å². The highest BCUT2D eigenvalue weighted by molar-refractivity contribution is 7.97. The molecule has 82 valence electrons. The Hall–Kier alpha value is -1.52. The first-order valence-electron chi connectivity index (χ1n) is 4.91. The van der Waals surface area contributed by atoms with Crippen molar-refractivity contribution in [2.24, 2.45) is 5.14 Å². The summed E-state index contributed by atoms with van der Waals surface area (Å²) in [5.74, 6) is 0. The van der Waals surface area contributed by atoms with E-state index in [2.05, 4.69) is 0 Å². The van der Waals surface area contributed by atoms with Crippen LogP contribution in [0.2, 0.25) is 0 Å². The zero-order chi connectivity index (χ0) is 11.4. The van der Waals surface area contributed by atoms with Gasteiger partial charge in [0.15, 0.2) is 0 Å². The monoisotopic (exact) mass is 232 g/mol. The standard InChI is InChI=1S/C12H12N2OS/c13-16-11-6-4-10(5-7-11)9-14-8-2-1-3-12(14)15/h1-8H,9,13H2. The second-order valence-corrected chi connectivity index (χ2v) is 4.14. The van der Waals surface area contributed by atoms with Crippen molar-refractivity contribution in [3.63, 3.8) is 0 Å². The third-order valence-electron chi connectivity index (χ3n) is 2.31. The predicted molar refractivity (Wildman–Crippen MR) is 66.3 cm³/mol. The van der Waals surface area contributed by atoms with Gasteiger partial charge in [0, 0.05) is 17.2 Å². The van der Waals surface area contributed by atoms with Crippen molar-refractivity contribution in [3.05, 3.63) is 64.6 Å². The Morgan fingerprint density at radius 1 is 1.12 bits per heavy atom. The Labute approximate surface area is 98.0 Å². The molecule has 2 aromatic rings. The Morgan fingerprint density at radius 2 is 1.88 bits per heavy atom. The van der Waals surface area contributed by atoms with E-state index in [4.69, 9.17) is 5.14 Å². The van der Waals surface area contributed by atoms with Gasteiger partial charge >= 0.3 is 0 Å². The van der Waals surface area contributed by atoms with E-state index >= 15 is 0 Å². The largest absolute Gasteiger partial charge is 0.311 e. The van der Waals surface area contributed by atoms with E-state index in [-0.39, 0.29) is 5.56 Å². The number of rotatable bonds is 3. The van der Waals surface area contributed by atoms with Crippen LogP contribution in [-0.4, -0.2) is 4.57 Å². The van der Waals surface area contributed by atoms with E-state index in [0.29, 0.717) is 6.54 Å². The number of pyridine rings is 1. The highest BCUT2D eigenvalue weighted by Crippen LogP contribution is 2.12. The SMILES string of the molecule is NSc1ccc(Cn2ccccc2=O)cc1. The molecule has 0 aliphatic carbocycles. The van der Waals surface area contributed by atoms with Crippen LogP contribution in [0.3, 0.4) is 0 Å². The first kappa shape index (κ1) is 11.0. The highest BCUT2D eigenvalue weighted by atomic mass is 32.2. The molecule has 1 aromatic carbocycles. The first-order valence-corrected chi connectivity index (χ1v) is 5.79. The smallest absolute Gasteiger partial charge is 0.250 e. The average molecular weight is 232 g/mol. The van der Waals surface area contributed by atoms with Gasteiger partial charge in [-0.2, -0.15) is 0 Å². The van der Waals surface area contributed by atoms with E-state index in [9.17, 15) is 4.79 Å². The normalized spacial score (nSPS) is 10.3. The molecule has 0 atom stereocenters. The maximum atomic E-state index is 11.5. The Kier molecular flexibility index (Phi) is 3.44. The number of hydrogen-bond acceptors (Lipinski definition) is 3. The summed E-state index contributed by atoms with van der Waals surface area (Å²) >= 11 is 1.22. The van der Waals surface area contributed by atoms with E-state index in [1.54, 1.807) is 22.9 Å². The quantitative estimate of drug-likeness (QED) is 0.822. The molecule has 0 bridgehead atoms. The molecule has 0 spiro atoms. The topological polar surface area (TPSA) is 48.0 Å². The molecule has 4 heteroatoms. The first-order chi connectivity index (χ1) is 7.79. The molecule has 0 saturated carbocycles. The Bertz CT molecular complexity index is 519. The molecule has 1 aromatic heterocycles. The molecule has 0 saturated heterocycles. The summed E-state index contributed by atoms with van der Waals surface area (Å²) in [5, 5.41) is 5.44. The van der Waals surface area contributed by atoms with Gasteiger partial charge in [-0.25, -0.2) is 0 Å². The third-order valence-corrected chi connectivity index (χ3v) is 2.86. The van der Waals surface area contributed by atoms with Crippen molar-refractivity contribution >= 4 is 11.9 Å². The molecule has 0 amide bonds. The van der Waals surface area contributed by atoms with Crippen molar-refractivity contribution < 1.29 is 0 Å². The van der Waals surface area contributed by atoms with Crippen LogP contribution in [-0.2, 0) is 6.54 Å². The van der Waals surface area contributed by atoms with Crippen LogP contribution < -0.4 is 10.7 Å². The average Bonchev–Trinajstić information content (AvgIpc) is 2.33. The minimum absolute atomic E-state index is 0.0137. The lowest BCUT2D eigenvalue weighted by Gasteiger charge is -2.05. The van der Waals surface area contributed by atoms with Crippen molar-refractivity contribution in [1.82, 2.24) is 4.57 Å². The van der Waals surface area contributed by atoms with Crippen molar-refractivity contribution in [2.45, 2.75) is 11.4 Å². The van der Waals surface area contributed by atoms with Gasteiger partial charge in [0.25, 0.3) is 5.56 Å². The lowest BCUT2D eigenvalue weighted by molar-refractivity contribution is 0.759. The maximum Gasteiger partial charge on any atom is 0.250 e. The molecular weight excluding hydrogens is 220 g/mol. The summed E-state index contributed by atoms with van der Waals surface area (Å²) in [7, 11) is 0. The fourth-order valence-corrected chi connectivity index (χ4v) is 1.75. The minimum atomic E-state index is 0.0137. The van der Waals surface area contributed by atoms with Gasteiger partial charge in [-0.15, -0.1) is 0 Å². The predicted octanol–water partition coefficient (Wildman–Crippen LogP) is 1.86. The maximum absolute atomic E-state index is 11.5. The number of hydrogen-bond donors (Lipinski definition) is 1. The van der Waals surface area contributed by atoms with E-state index in [0.717, 1.165) is 10.5 Å². The fraction of sp³-hybridized carbons (Fsp3) is 0.0833. The molecule has 0 aliphatic rings. The number of nitrogens with zero attached hydrogens (tertiary/aromatic N) is 1. The van der Waals surface area contributed by atoms with Crippen LogP contribution in [0.5, 0.6) is 0 Å². The van der Waals surface area contributed by atoms with Crippen LogP contribution in [0.1, 0.15) is 5.56 Å². The Balaban J connectivity index is 2.21. The summed E-state index contributed by atoms with van der Waals surface area (Å²) in [4.78, 5) is 12.5. The number of nitrogens with two attached hydrogens (primary N) is 1. The molecule has 1 heterocycles. The lowest BCUT2D eigenvalue weighted by atomic mass is 10.2. The molecule has 16 heavy (non-hydrogen) atoms. The lowest BCUT2D eigenvalue weighted by Crippen LogP contribution is -2.18. The molecule has 2 N–H and O–H groups in total. The van der Waals surface area contributed by atoms with Crippen LogP contribution in [0.4, 0.5) is 0 Å². The summed E-state index contributed by atoms with van der Waals surface area (Å²) in [6, 6.07) is 13.0. The van der Waals surface area contributed by atoms with Gasteiger partial charge in [0.2, 0.25) is 0 Å². The summed E-state index contributed by atoms with van der Waals surface area (Å²) in [6.45, 7) is 0.592. The molecule has 3 nitrogen and oxygen atoms in total. The molecule has 0 aliphatic heterocycles. The van der Waals surface area contributed by atoms with Gasteiger partial charge in [0.05, 0.1) is 6.54 Å². The van der Waals surface area contributed by atoms with Gasteiger partial charge in [-0.1, -0.05) is 18.2 Å². The van der Waals surface area contributed by atoms with Crippen molar-refractivity contribution in [1.29, 1.82) is 0 Å². The summed E-state index contributed by atoms with van der Waals surface area (Å²) in [6.07, 6.45) is 1.79. The van der Waals surface area contributed by atoms with E-state index in [1.807, 2.05) is 30.3 Å². The fourth-order valence-electron chi connectivity index (χ4n) is 1.46. The Morgan fingerprint density at radius 3 is 2.50 bits per heavy atom. The van der Waals surface area contributed by atoms with Crippen molar-refractivity contribution in [2.75, 3.05) is 0 Å². The van der Waals surface area contributed by atoms with Crippen LogP contribution in [0, 0.1) is 0 Å². The highest BCUT2D eigenvalue weighted by Gasteiger charge is 1.97. The van der Waals surface area contributed by atoms with E-state index < -0.39 is 0 Å². The molecule has 0 radical (unpaired) electrons. The second-order valence-electron chi connectivity index (χ2n) is 3.43. The second kappa shape index (κ2) is 5.01. The summed E-state index contributed by atoms with van der Waals surface area (Å²) in [5.41, 5.74) is 1.10. The minimum Gasteiger partial charge on any atom is -0.311 e. The van der Waals surface area contributed by atoms with Crippen molar-refractivity contribution in [3.8, 4) is 0 Å². The number of benzene rings is 1. The van der Waals surface area contributed by atoms with Crippen LogP contribution in [0.15, 0.2) is 58.4 Å². The third kappa shape index (κ3) is 2.53.